The minimum atomic E-state index is -0.444. The molecule has 2 aromatic heterocycles. The number of imidazole rings is 1. The van der Waals surface area contributed by atoms with Crippen LogP contribution in [0.15, 0.2) is 36.7 Å². The molecule has 1 aromatic carbocycles. The van der Waals surface area contributed by atoms with E-state index in [1.54, 1.807) is 24.4 Å². The summed E-state index contributed by atoms with van der Waals surface area (Å²) in [5.74, 6) is 0.167. The van der Waals surface area contributed by atoms with Crippen molar-refractivity contribution in [1.29, 1.82) is 0 Å². The predicted molar refractivity (Wildman–Crippen MR) is 59.0 cm³/mol. The molecule has 0 aliphatic heterocycles. The van der Waals surface area contributed by atoms with Gasteiger partial charge < -0.3 is 5.73 Å². The third-order valence-corrected chi connectivity index (χ3v) is 2.47. The van der Waals surface area contributed by atoms with Crippen LogP contribution < -0.4 is 5.73 Å². The van der Waals surface area contributed by atoms with Gasteiger partial charge >= 0.3 is 0 Å². The molecule has 0 atom stereocenters. The molecule has 78 valence electrons. The number of nitrogens with zero attached hydrogens (tertiary/aromatic N) is 3. The number of carbonyl (C=O) groups excluding carboxylic acids is 1. The highest BCUT2D eigenvalue weighted by Gasteiger charge is 2.07. The van der Waals surface area contributed by atoms with Crippen molar-refractivity contribution < 1.29 is 4.79 Å². The summed E-state index contributed by atoms with van der Waals surface area (Å²) in [5, 5.41) is 0. The zero-order chi connectivity index (χ0) is 11.1. The van der Waals surface area contributed by atoms with E-state index in [4.69, 9.17) is 5.73 Å². The third-order valence-electron chi connectivity index (χ3n) is 2.47. The van der Waals surface area contributed by atoms with Gasteiger partial charge in [0.15, 0.2) is 0 Å². The minimum absolute atomic E-state index is 0.444. The average Bonchev–Trinajstić information content (AvgIpc) is 2.66. The van der Waals surface area contributed by atoms with Gasteiger partial charge in [-0.1, -0.05) is 0 Å². The molecule has 0 saturated heterocycles. The molecule has 0 bridgehead atoms. The molecular formula is C11H8N4O. The van der Waals surface area contributed by atoms with Gasteiger partial charge in [-0.25, -0.2) is 9.97 Å². The van der Waals surface area contributed by atoms with Gasteiger partial charge in [0.05, 0.1) is 11.0 Å². The van der Waals surface area contributed by atoms with Crippen LogP contribution in [0.2, 0.25) is 0 Å². The number of aromatic nitrogens is 3. The summed E-state index contributed by atoms with van der Waals surface area (Å²) in [4.78, 5) is 19.5. The molecule has 0 radical (unpaired) electrons. The first-order valence-electron chi connectivity index (χ1n) is 4.78. The van der Waals surface area contributed by atoms with E-state index < -0.39 is 5.91 Å². The molecule has 3 rings (SSSR count). The standard InChI is InChI=1S/C11H8N4O/c12-10(16)7-2-3-8-9(6-7)15-5-1-4-13-11(15)14-8/h1-6H,(H2,12,16). The molecule has 0 aliphatic carbocycles. The number of carbonyl (C=O) groups is 1. The van der Waals surface area contributed by atoms with Crippen molar-refractivity contribution in [3.05, 3.63) is 42.2 Å². The zero-order valence-electron chi connectivity index (χ0n) is 8.29. The zero-order valence-corrected chi connectivity index (χ0v) is 8.29. The Kier molecular flexibility index (Phi) is 1.67. The molecule has 1 amide bonds. The number of nitrogens with two attached hydrogens (primary N) is 1. The quantitative estimate of drug-likeness (QED) is 0.653. The number of hydrogen-bond acceptors (Lipinski definition) is 3. The lowest BCUT2D eigenvalue weighted by molar-refractivity contribution is 0.100. The maximum absolute atomic E-state index is 11.1. The summed E-state index contributed by atoms with van der Waals surface area (Å²) < 4.78 is 1.82. The summed E-state index contributed by atoms with van der Waals surface area (Å²) in [7, 11) is 0. The SMILES string of the molecule is NC(=O)c1ccc2nc3ncccn3c2c1. The summed E-state index contributed by atoms with van der Waals surface area (Å²) in [6.45, 7) is 0. The lowest BCUT2D eigenvalue weighted by atomic mass is 10.2. The summed E-state index contributed by atoms with van der Waals surface area (Å²) in [6, 6.07) is 6.96. The number of rotatable bonds is 1. The van der Waals surface area contributed by atoms with E-state index in [9.17, 15) is 4.79 Å². The average molecular weight is 212 g/mol. The lowest BCUT2D eigenvalue weighted by Gasteiger charge is -1.96. The van der Waals surface area contributed by atoms with Crippen molar-refractivity contribution in [2.24, 2.45) is 5.73 Å². The van der Waals surface area contributed by atoms with Crippen LogP contribution in [0.1, 0.15) is 10.4 Å². The van der Waals surface area contributed by atoms with E-state index in [0.29, 0.717) is 11.3 Å². The first kappa shape index (κ1) is 8.84. The van der Waals surface area contributed by atoms with Crippen molar-refractivity contribution in [3.8, 4) is 0 Å². The van der Waals surface area contributed by atoms with Gasteiger partial charge in [0, 0.05) is 18.0 Å². The Hall–Kier alpha value is -2.43. The molecule has 2 N–H and O–H groups in total. The molecule has 0 unspecified atom stereocenters. The molecule has 0 fully saturated rings. The van der Waals surface area contributed by atoms with Crippen LogP contribution in [0.5, 0.6) is 0 Å². The molecular weight excluding hydrogens is 204 g/mol. The molecule has 3 aromatic rings. The highest BCUT2D eigenvalue weighted by atomic mass is 16.1. The van der Waals surface area contributed by atoms with E-state index in [2.05, 4.69) is 9.97 Å². The van der Waals surface area contributed by atoms with E-state index in [1.807, 2.05) is 16.7 Å². The van der Waals surface area contributed by atoms with E-state index in [1.165, 1.54) is 0 Å². The van der Waals surface area contributed by atoms with Gasteiger partial charge in [-0.3, -0.25) is 9.20 Å². The van der Waals surface area contributed by atoms with Crippen molar-refractivity contribution in [2.45, 2.75) is 0 Å². The van der Waals surface area contributed by atoms with Gasteiger partial charge in [0.2, 0.25) is 11.7 Å². The Balaban J connectivity index is 2.44. The Morgan fingerprint density at radius 1 is 1.38 bits per heavy atom. The lowest BCUT2D eigenvalue weighted by Crippen LogP contribution is -2.10. The number of amides is 1. The molecule has 0 spiro atoms. The molecule has 0 saturated carbocycles. The summed E-state index contributed by atoms with van der Waals surface area (Å²) in [5.41, 5.74) is 7.33. The maximum atomic E-state index is 11.1. The predicted octanol–water partition coefficient (Wildman–Crippen LogP) is 0.981. The van der Waals surface area contributed by atoms with Gasteiger partial charge in [-0.05, 0) is 24.3 Å². The molecule has 16 heavy (non-hydrogen) atoms. The fraction of sp³-hybridized carbons (Fsp3) is 0. The van der Waals surface area contributed by atoms with Gasteiger partial charge in [0.1, 0.15) is 0 Å². The number of primary amides is 1. The number of hydrogen-bond donors (Lipinski definition) is 1. The van der Waals surface area contributed by atoms with E-state index in [0.717, 1.165) is 11.0 Å². The fourth-order valence-electron chi connectivity index (χ4n) is 1.71. The second-order valence-corrected chi connectivity index (χ2v) is 3.47. The first-order chi connectivity index (χ1) is 7.75. The van der Waals surface area contributed by atoms with Crippen LogP contribution in [0.25, 0.3) is 16.8 Å². The summed E-state index contributed by atoms with van der Waals surface area (Å²) in [6.07, 6.45) is 3.53. The van der Waals surface area contributed by atoms with Crippen molar-refractivity contribution >= 4 is 22.7 Å². The Morgan fingerprint density at radius 2 is 2.25 bits per heavy atom. The molecule has 0 aliphatic rings. The topological polar surface area (TPSA) is 73.3 Å². The van der Waals surface area contributed by atoms with Crippen LogP contribution in [-0.2, 0) is 0 Å². The van der Waals surface area contributed by atoms with Gasteiger partial charge in [-0.15, -0.1) is 0 Å². The van der Waals surface area contributed by atoms with Gasteiger partial charge in [-0.2, -0.15) is 0 Å². The van der Waals surface area contributed by atoms with Crippen LogP contribution in [0.3, 0.4) is 0 Å². The Bertz CT molecular complexity index is 701. The number of fused-ring (bicyclic) bond motifs is 3. The first-order valence-corrected chi connectivity index (χ1v) is 4.78. The van der Waals surface area contributed by atoms with Crippen molar-refractivity contribution in [1.82, 2.24) is 14.4 Å². The molecule has 5 nitrogen and oxygen atoms in total. The molecule has 2 heterocycles. The second kappa shape index (κ2) is 3.03. The van der Waals surface area contributed by atoms with Crippen LogP contribution in [-0.4, -0.2) is 20.3 Å². The second-order valence-electron chi connectivity index (χ2n) is 3.47. The van der Waals surface area contributed by atoms with Gasteiger partial charge in [0.25, 0.3) is 0 Å². The third kappa shape index (κ3) is 1.15. The fourth-order valence-corrected chi connectivity index (χ4v) is 1.71. The smallest absolute Gasteiger partial charge is 0.248 e. The summed E-state index contributed by atoms with van der Waals surface area (Å²) >= 11 is 0. The highest BCUT2D eigenvalue weighted by Crippen LogP contribution is 2.16. The molecule has 5 heteroatoms. The maximum Gasteiger partial charge on any atom is 0.248 e. The monoisotopic (exact) mass is 212 g/mol. The minimum Gasteiger partial charge on any atom is -0.366 e. The van der Waals surface area contributed by atoms with E-state index >= 15 is 0 Å². The number of benzene rings is 1. The van der Waals surface area contributed by atoms with Crippen LogP contribution >= 0.6 is 0 Å². The highest BCUT2D eigenvalue weighted by molar-refractivity contribution is 5.96. The van der Waals surface area contributed by atoms with Crippen molar-refractivity contribution in [3.63, 3.8) is 0 Å². The van der Waals surface area contributed by atoms with Crippen molar-refractivity contribution in [2.75, 3.05) is 0 Å². The normalized spacial score (nSPS) is 11.0. The largest absolute Gasteiger partial charge is 0.366 e. The van der Waals surface area contributed by atoms with Crippen LogP contribution in [0.4, 0.5) is 0 Å². The Labute approximate surface area is 90.5 Å². The Morgan fingerprint density at radius 3 is 3.06 bits per heavy atom. The van der Waals surface area contributed by atoms with Crippen LogP contribution in [0, 0.1) is 0 Å². The van der Waals surface area contributed by atoms with E-state index in [-0.39, 0.29) is 0 Å².